The molecule has 1 atom stereocenters. The van der Waals surface area contributed by atoms with Crippen LogP contribution in [-0.4, -0.2) is 48.4 Å². The number of hydrogen-bond acceptors (Lipinski definition) is 4. The first-order chi connectivity index (χ1) is 14.0. The Morgan fingerprint density at radius 2 is 1.72 bits per heavy atom. The minimum Gasteiger partial charge on any atom is -0.348 e. The Morgan fingerprint density at radius 3 is 2.41 bits per heavy atom. The summed E-state index contributed by atoms with van der Waals surface area (Å²) in [5, 5.41) is 12.7. The predicted molar refractivity (Wildman–Crippen MR) is 116 cm³/mol. The number of nitrogens with one attached hydrogen (secondary N) is 1. The van der Waals surface area contributed by atoms with Gasteiger partial charge in [0.15, 0.2) is 0 Å². The molecule has 0 radical (unpaired) electrons. The lowest BCUT2D eigenvalue weighted by Gasteiger charge is -2.22. The van der Waals surface area contributed by atoms with Crippen molar-refractivity contribution in [2.45, 2.75) is 25.9 Å². The van der Waals surface area contributed by atoms with Gasteiger partial charge in [-0.2, -0.15) is 5.26 Å². The Kier molecular flexibility index (Phi) is 7.65. The minimum absolute atomic E-state index is 0.0420. The summed E-state index contributed by atoms with van der Waals surface area (Å²) in [6.07, 6.45) is 1.04. The fourth-order valence-corrected chi connectivity index (χ4v) is 3.73. The molecule has 0 aromatic heterocycles. The number of benzene rings is 2. The van der Waals surface area contributed by atoms with E-state index < -0.39 is 0 Å². The molecule has 1 amide bonds. The van der Waals surface area contributed by atoms with Crippen LogP contribution in [-0.2, 0) is 11.3 Å². The van der Waals surface area contributed by atoms with Gasteiger partial charge in [0, 0.05) is 24.7 Å². The van der Waals surface area contributed by atoms with Gasteiger partial charge in [0.2, 0.25) is 5.91 Å². The van der Waals surface area contributed by atoms with Crippen molar-refractivity contribution in [2.24, 2.45) is 0 Å². The molecule has 0 aliphatic carbocycles. The second-order valence-corrected chi connectivity index (χ2v) is 7.99. The summed E-state index contributed by atoms with van der Waals surface area (Å²) in [4.78, 5) is 17.1. The molecule has 1 aliphatic heterocycles. The molecule has 2 aromatic rings. The fraction of sp³-hybridized carbons (Fsp3) is 0.391. The number of carbonyl (C=O) groups excluding carboxylic acids is 1. The molecule has 1 N–H and O–H groups in total. The summed E-state index contributed by atoms with van der Waals surface area (Å²) in [6, 6.07) is 17.5. The summed E-state index contributed by atoms with van der Waals surface area (Å²) in [5.41, 5.74) is 2.95. The number of amides is 1. The van der Waals surface area contributed by atoms with Gasteiger partial charge in [0.1, 0.15) is 0 Å². The number of nitriles is 1. The van der Waals surface area contributed by atoms with Gasteiger partial charge in [-0.25, -0.2) is 0 Å². The van der Waals surface area contributed by atoms with E-state index in [9.17, 15) is 4.79 Å². The van der Waals surface area contributed by atoms with E-state index in [0.717, 1.165) is 44.7 Å². The summed E-state index contributed by atoms with van der Waals surface area (Å²) in [6.45, 7) is 7.02. The molecule has 0 saturated carbocycles. The number of hydrogen-bond donors (Lipinski definition) is 1. The van der Waals surface area contributed by atoms with Crippen LogP contribution < -0.4 is 5.32 Å². The van der Waals surface area contributed by atoms with Gasteiger partial charge in [0.25, 0.3) is 0 Å². The maximum absolute atomic E-state index is 12.5. The maximum Gasteiger partial charge on any atom is 0.234 e. The summed E-state index contributed by atoms with van der Waals surface area (Å²) in [7, 11) is 0. The van der Waals surface area contributed by atoms with Crippen molar-refractivity contribution in [1.29, 1.82) is 5.26 Å². The number of nitrogens with zero attached hydrogens (tertiary/aromatic N) is 3. The van der Waals surface area contributed by atoms with Crippen LogP contribution in [0.1, 0.15) is 36.1 Å². The molecular weight excluding hydrogens is 384 g/mol. The molecule has 0 bridgehead atoms. The minimum atomic E-state index is -0.0420. The van der Waals surface area contributed by atoms with Gasteiger partial charge in [-0.1, -0.05) is 35.9 Å². The normalized spacial score (nSPS) is 16.6. The Morgan fingerprint density at radius 1 is 1.07 bits per heavy atom. The van der Waals surface area contributed by atoms with Crippen molar-refractivity contribution < 1.29 is 4.79 Å². The van der Waals surface area contributed by atoms with Crippen LogP contribution in [0.15, 0.2) is 48.5 Å². The van der Waals surface area contributed by atoms with E-state index in [4.69, 9.17) is 16.9 Å². The molecule has 5 nitrogen and oxygen atoms in total. The molecule has 152 valence electrons. The third-order valence-corrected chi connectivity index (χ3v) is 5.54. The third kappa shape index (κ3) is 6.57. The smallest absolute Gasteiger partial charge is 0.234 e. The van der Waals surface area contributed by atoms with Gasteiger partial charge in [-0.05, 0) is 61.8 Å². The lowest BCUT2D eigenvalue weighted by molar-refractivity contribution is -0.122. The highest BCUT2D eigenvalue weighted by Gasteiger charge is 2.18. The standard InChI is InChI=1S/C23H27ClN4O/c1-18(21-7-9-22(24)10-8-21)26-23(29)17-28-12-2-11-27(13-14-28)16-20-5-3-19(15-25)4-6-20/h3-10,18H,2,11-14,16-17H2,1H3,(H,26,29). The second-order valence-electron chi connectivity index (χ2n) is 7.56. The molecule has 1 unspecified atom stereocenters. The summed E-state index contributed by atoms with van der Waals surface area (Å²) in [5.74, 6) is 0.0491. The second kappa shape index (κ2) is 10.4. The highest BCUT2D eigenvalue weighted by atomic mass is 35.5. The molecule has 29 heavy (non-hydrogen) atoms. The Labute approximate surface area is 177 Å². The molecule has 3 rings (SSSR count). The van der Waals surface area contributed by atoms with Crippen molar-refractivity contribution >= 4 is 17.5 Å². The first kappa shape index (κ1) is 21.3. The predicted octanol–water partition coefficient (Wildman–Crippen LogP) is 3.60. The fourth-order valence-electron chi connectivity index (χ4n) is 3.61. The van der Waals surface area contributed by atoms with Gasteiger partial charge < -0.3 is 5.32 Å². The zero-order valence-corrected chi connectivity index (χ0v) is 17.5. The molecule has 1 fully saturated rings. The maximum atomic E-state index is 12.5. The Balaban J connectivity index is 1.45. The molecule has 1 saturated heterocycles. The Bertz CT molecular complexity index is 845. The van der Waals surface area contributed by atoms with Crippen LogP contribution in [0.3, 0.4) is 0 Å². The number of rotatable bonds is 6. The van der Waals surface area contributed by atoms with Crippen LogP contribution in [0.5, 0.6) is 0 Å². The zero-order valence-electron chi connectivity index (χ0n) is 16.8. The van der Waals surface area contributed by atoms with Crippen molar-refractivity contribution in [3.8, 4) is 6.07 Å². The van der Waals surface area contributed by atoms with E-state index >= 15 is 0 Å². The van der Waals surface area contributed by atoms with Crippen LogP contribution in [0, 0.1) is 11.3 Å². The first-order valence-corrected chi connectivity index (χ1v) is 10.4. The van der Waals surface area contributed by atoms with E-state index in [1.165, 1.54) is 5.56 Å². The van der Waals surface area contributed by atoms with Crippen molar-refractivity contribution in [1.82, 2.24) is 15.1 Å². The topological polar surface area (TPSA) is 59.4 Å². The van der Waals surface area contributed by atoms with Gasteiger partial charge >= 0.3 is 0 Å². The SMILES string of the molecule is CC(NC(=O)CN1CCCN(Cc2ccc(C#N)cc2)CC1)c1ccc(Cl)cc1. The average Bonchev–Trinajstić information content (AvgIpc) is 2.94. The summed E-state index contributed by atoms with van der Waals surface area (Å²) >= 11 is 5.93. The van der Waals surface area contributed by atoms with Crippen LogP contribution in [0.2, 0.25) is 5.02 Å². The molecule has 6 heteroatoms. The quantitative estimate of drug-likeness (QED) is 0.790. The van der Waals surface area contributed by atoms with E-state index in [0.29, 0.717) is 17.1 Å². The van der Waals surface area contributed by atoms with E-state index in [2.05, 4.69) is 21.2 Å². The highest BCUT2D eigenvalue weighted by Crippen LogP contribution is 2.16. The number of carbonyl (C=O) groups is 1. The van der Waals surface area contributed by atoms with Crippen LogP contribution in [0.4, 0.5) is 0 Å². The molecule has 1 aliphatic rings. The number of halogens is 1. The molecule has 0 spiro atoms. The van der Waals surface area contributed by atoms with Gasteiger partial charge in [0.05, 0.1) is 24.2 Å². The van der Waals surface area contributed by atoms with Crippen molar-refractivity contribution in [2.75, 3.05) is 32.7 Å². The van der Waals surface area contributed by atoms with E-state index in [-0.39, 0.29) is 11.9 Å². The lowest BCUT2D eigenvalue weighted by atomic mass is 10.1. The van der Waals surface area contributed by atoms with Gasteiger partial charge in [-0.15, -0.1) is 0 Å². The molecule has 2 aromatic carbocycles. The Hall–Kier alpha value is -2.39. The van der Waals surface area contributed by atoms with E-state index in [1.54, 1.807) is 0 Å². The third-order valence-electron chi connectivity index (χ3n) is 5.29. The van der Waals surface area contributed by atoms with Crippen LogP contribution in [0.25, 0.3) is 0 Å². The monoisotopic (exact) mass is 410 g/mol. The summed E-state index contributed by atoms with van der Waals surface area (Å²) < 4.78 is 0. The lowest BCUT2D eigenvalue weighted by Crippen LogP contribution is -2.40. The molecular formula is C23H27ClN4O. The van der Waals surface area contributed by atoms with Crippen LogP contribution >= 0.6 is 11.6 Å². The van der Waals surface area contributed by atoms with E-state index in [1.807, 2.05) is 55.5 Å². The zero-order chi connectivity index (χ0) is 20.6. The average molecular weight is 411 g/mol. The van der Waals surface area contributed by atoms with Crippen molar-refractivity contribution in [3.63, 3.8) is 0 Å². The highest BCUT2D eigenvalue weighted by molar-refractivity contribution is 6.30. The molecule has 1 heterocycles. The van der Waals surface area contributed by atoms with Crippen molar-refractivity contribution in [3.05, 3.63) is 70.2 Å². The first-order valence-electron chi connectivity index (χ1n) is 10.0. The largest absolute Gasteiger partial charge is 0.348 e. The van der Waals surface area contributed by atoms with Gasteiger partial charge in [-0.3, -0.25) is 14.6 Å².